The number of aryl methyl sites for hydroxylation is 2. The first-order valence-corrected chi connectivity index (χ1v) is 8.67. The van der Waals surface area contributed by atoms with Crippen molar-refractivity contribution in [1.82, 2.24) is 4.57 Å². The zero-order valence-electron chi connectivity index (χ0n) is 16.0. The van der Waals surface area contributed by atoms with Gasteiger partial charge in [-0.05, 0) is 45.9 Å². The summed E-state index contributed by atoms with van der Waals surface area (Å²) in [4.78, 5) is 35.9. The van der Waals surface area contributed by atoms with Gasteiger partial charge in [-0.15, -0.1) is 0 Å². The Labute approximate surface area is 158 Å². The summed E-state index contributed by atoms with van der Waals surface area (Å²) in [5, 5.41) is 2.66. The van der Waals surface area contributed by atoms with Crippen LogP contribution in [0.3, 0.4) is 0 Å². The van der Waals surface area contributed by atoms with Crippen LogP contribution in [0.2, 0.25) is 0 Å². The molecule has 1 N–H and O–H groups in total. The fourth-order valence-electron chi connectivity index (χ4n) is 2.61. The van der Waals surface area contributed by atoms with E-state index in [1.54, 1.807) is 43.5 Å². The summed E-state index contributed by atoms with van der Waals surface area (Å²) in [6, 6.07) is 8.97. The number of anilines is 1. The summed E-state index contributed by atoms with van der Waals surface area (Å²) >= 11 is 0. The van der Waals surface area contributed by atoms with Crippen LogP contribution in [0, 0.1) is 20.8 Å². The van der Waals surface area contributed by atoms with Crippen molar-refractivity contribution in [3.05, 3.63) is 52.8 Å². The molecule has 0 unspecified atom stereocenters. The highest BCUT2D eigenvalue weighted by atomic mass is 16.5. The largest absolute Gasteiger partial charge is 0.462 e. The smallest absolute Gasteiger partial charge is 0.339 e. The Hall–Kier alpha value is -3.09. The number of benzene rings is 1. The van der Waals surface area contributed by atoms with Crippen LogP contribution in [0.15, 0.2) is 30.3 Å². The highest BCUT2D eigenvalue weighted by Crippen LogP contribution is 2.16. The van der Waals surface area contributed by atoms with Gasteiger partial charge in [0.05, 0.1) is 12.2 Å². The zero-order valence-corrected chi connectivity index (χ0v) is 16.0. The number of hydrogen-bond acceptors (Lipinski definition) is 5. The second-order valence-electron chi connectivity index (χ2n) is 6.17. The molecule has 27 heavy (non-hydrogen) atoms. The van der Waals surface area contributed by atoms with E-state index < -0.39 is 17.8 Å². The highest BCUT2D eigenvalue weighted by molar-refractivity contribution is 5.93. The number of hydrogen-bond donors (Lipinski definition) is 1. The predicted molar refractivity (Wildman–Crippen MR) is 101 cm³/mol. The lowest BCUT2D eigenvalue weighted by atomic mass is 10.2. The van der Waals surface area contributed by atoms with Crippen molar-refractivity contribution < 1.29 is 23.9 Å². The molecule has 0 aliphatic rings. The van der Waals surface area contributed by atoms with Gasteiger partial charge in [0.25, 0.3) is 5.91 Å². The molecule has 0 saturated carbocycles. The van der Waals surface area contributed by atoms with Gasteiger partial charge in [-0.3, -0.25) is 9.59 Å². The molecule has 0 saturated heterocycles. The van der Waals surface area contributed by atoms with E-state index in [2.05, 4.69) is 5.32 Å². The number of ether oxygens (including phenoxy) is 2. The number of amides is 1. The molecule has 2 aromatic rings. The van der Waals surface area contributed by atoms with Crippen molar-refractivity contribution >= 4 is 23.5 Å². The van der Waals surface area contributed by atoms with Crippen LogP contribution in [-0.2, 0) is 25.6 Å². The van der Waals surface area contributed by atoms with Gasteiger partial charge < -0.3 is 19.4 Å². The average Bonchev–Trinajstić information content (AvgIpc) is 2.90. The molecule has 1 heterocycles. The molecular formula is C20H24N2O5. The van der Waals surface area contributed by atoms with Gasteiger partial charge in [-0.1, -0.05) is 17.7 Å². The number of rotatable bonds is 7. The summed E-state index contributed by atoms with van der Waals surface area (Å²) in [5.74, 6) is -1.41. The lowest BCUT2D eigenvalue weighted by Gasteiger charge is -2.10. The normalized spacial score (nSPS) is 10.4. The molecule has 0 atom stereocenters. The maximum Gasteiger partial charge on any atom is 0.339 e. The quantitative estimate of drug-likeness (QED) is 0.755. The standard InChI is InChI=1S/C20H24N2O5/c1-5-26-20(25)17-10-14(3)22(15(17)4)11-19(24)27-12-18(23)21-16-8-6-13(2)7-9-16/h6-10H,5,11-12H2,1-4H3,(H,21,23). The van der Waals surface area contributed by atoms with Crippen molar-refractivity contribution in [2.24, 2.45) is 0 Å². The van der Waals surface area contributed by atoms with Gasteiger partial charge in [0.15, 0.2) is 6.61 Å². The molecule has 0 spiro atoms. The van der Waals surface area contributed by atoms with Crippen molar-refractivity contribution in [2.45, 2.75) is 34.2 Å². The van der Waals surface area contributed by atoms with Gasteiger partial charge in [-0.2, -0.15) is 0 Å². The molecule has 1 amide bonds. The second-order valence-corrected chi connectivity index (χ2v) is 6.17. The summed E-state index contributed by atoms with van der Waals surface area (Å²) in [6.45, 7) is 7.01. The Morgan fingerprint density at radius 1 is 1.04 bits per heavy atom. The fourth-order valence-corrected chi connectivity index (χ4v) is 2.61. The summed E-state index contributed by atoms with van der Waals surface area (Å²) in [7, 11) is 0. The van der Waals surface area contributed by atoms with E-state index in [0.29, 0.717) is 16.9 Å². The van der Waals surface area contributed by atoms with Crippen LogP contribution in [0.5, 0.6) is 0 Å². The highest BCUT2D eigenvalue weighted by Gasteiger charge is 2.19. The SMILES string of the molecule is CCOC(=O)c1cc(C)n(CC(=O)OCC(=O)Nc2ccc(C)cc2)c1C. The van der Waals surface area contributed by atoms with E-state index >= 15 is 0 Å². The molecule has 2 rings (SSSR count). The molecule has 0 radical (unpaired) electrons. The Kier molecular flexibility index (Phi) is 6.76. The van der Waals surface area contributed by atoms with Crippen LogP contribution < -0.4 is 5.32 Å². The molecule has 0 aliphatic carbocycles. The van der Waals surface area contributed by atoms with Crippen LogP contribution in [-0.4, -0.2) is 35.6 Å². The molecule has 144 valence electrons. The molecule has 1 aromatic heterocycles. The first-order valence-electron chi connectivity index (χ1n) is 8.67. The minimum absolute atomic E-state index is 0.0884. The van der Waals surface area contributed by atoms with Crippen molar-refractivity contribution in [3.8, 4) is 0 Å². The van der Waals surface area contributed by atoms with Gasteiger partial charge in [0, 0.05) is 17.1 Å². The maximum absolute atomic E-state index is 12.1. The number of carbonyl (C=O) groups is 3. The maximum atomic E-state index is 12.1. The monoisotopic (exact) mass is 372 g/mol. The minimum Gasteiger partial charge on any atom is -0.462 e. The average molecular weight is 372 g/mol. The molecule has 7 heteroatoms. The van der Waals surface area contributed by atoms with Crippen molar-refractivity contribution in [3.63, 3.8) is 0 Å². The third-order valence-electron chi connectivity index (χ3n) is 4.06. The lowest BCUT2D eigenvalue weighted by molar-refractivity contribution is -0.147. The second kappa shape index (κ2) is 9.02. The van der Waals surface area contributed by atoms with E-state index in [-0.39, 0.29) is 19.8 Å². The summed E-state index contributed by atoms with van der Waals surface area (Å²) < 4.78 is 11.7. The molecular weight excluding hydrogens is 348 g/mol. The number of nitrogens with zero attached hydrogens (tertiary/aromatic N) is 1. The molecule has 0 fully saturated rings. The fraction of sp³-hybridized carbons (Fsp3) is 0.350. The molecule has 7 nitrogen and oxygen atoms in total. The topological polar surface area (TPSA) is 86.6 Å². The first kappa shape index (κ1) is 20.2. The third-order valence-corrected chi connectivity index (χ3v) is 4.06. The molecule has 0 bridgehead atoms. The van der Waals surface area contributed by atoms with Crippen LogP contribution in [0.4, 0.5) is 5.69 Å². The van der Waals surface area contributed by atoms with E-state index in [0.717, 1.165) is 11.3 Å². The van der Waals surface area contributed by atoms with Crippen LogP contribution >= 0.6 is 0 Å². The van der Waals surface area contributed by atoms with Gasteiger partial charge in [0.1, 0.15) is 6.54 Å². The minimum atomic E-state index is -0.564. The van der Waals surface area contributed by atoms with Gasteiger partial charge >= 0.3 is 11.9 Å². The number of nitrogens with one attached hydrogen (secondary N) is 1. The van der Waals surface area contributed by atoms with Gasteiger partial charge in [-0.25, -0.2) is 4.79 Å². The van der Waals surface area contributed by atoms with E-state index in [9.17, 15) is 14.4 Å². The number of carbonyl (C=O) groups excluding carboxylic acids is 3. The van der Waals surface area contributed by atoms with Crippen LogP contribution in [0.1, 0.15) is 34.2 Å². The van der Waals surface area contributed by atoms with Crippen molar-refractivity contribution in [1.29, 1.82) is 0 Å². The van der Waals surface area contributed by atoms with E-state index in [1.165, 1.54) is 0 Å². The third kappa shape index (κ3) is 5.44. The number of esters is 2. The first-order chi connectivity index (χ1) is 12.8. The Bertz CT molecular complexity index is 837. The zero-order chi connectivity index (χ0) is 20.0. The Morgan fingerprint density at radius 3 is 2.33 bits per heavy atom. The predicted octanol–water partition coefficient (Wildman–Crippen LogP) is 2.77. The van der Waals surface area contributed by atoms with E-state index in [1.807, 2.05) is 19.1 Å². The summed E-state index contributed by atoms with van der Waals surface area (Å²) in [5.41, 5.74) is 3.49. The Morgan fingerprint density at radius 2 is 1.70 bits per heavy atom. The van der Waals surface area contributed by atoms with Crippen molar-refractivity contribution in [2.75, 3.05) is 18.5 Å². The number of aromatic nitrogens is 1. The lowest BCUT2D eigenvalue weighted by Crippen LogP contribution is -2.23. The van der Waals surface area contributed by atoms with E-state index in [4.69, 9.17) is 9.47 Å². The Balaban J connectivity index is 1.91. The van der Waals surface area contributed by atoms with Gasteiger partial charge in [0.2, 0.25) is 0 Å². The van der Waals surface area contributed by atoms with Crippen LogP contribution in [0.25, 0.3) is 0 Å². The molecule has 1 aromatic carbocycles. The molecule has 0 aliphatic heterocycles. The summed E-state index contributed by atoms with van der Waals surface area (Å²) in [6.07, 6.45) is 0.